The fourth-order valence-electron chi connectivity index (χ4n) is 2.54. The Bertz CT molecular complexity index is 760. The Morgan fingerprint density at radius 1 is 1.30 bits per heavy atom. The van der Waals surface area contributed by atoms with Gasteiger partial charge in [-0.05, 0) is 12.8 Å². The molecule has 1 N–H and O–H groups in total. The summed E-state index contributed by atoms with van der Waals surface area (Å²) in [7, 11) is 0. The maximum absolute atomic E-state index is 12.3. The quantitative estimate of drug-likeness (QED) is 0.910. The van der Waals surface area contributed by atoms with Gasteiger partial charge in [0.15, 0.2) is 0 Å². The van der Waals surface area contributed by atoms with Crippen LogP contribution in [0.15, 0.2) is 4.79 Å². The number of anilines is 1. The van der Waals surface area contributed by atoms with E-state index in [4.69, 9.17) is 0 Å². The molecule has 3 heterocycles. The van der Waals surface area contributed by atoms with Gasteiger partial charge in [-0.2, -0.15) is 5.10 Å². The molecule has 8 nitrogen and oxygen atoms in total. The van der Waals surface area contributed by atoms with Crippen molar-refractivity contribution in [1.82, 2.24) is 24.5 Å². The Hall–Kier alpha value is -2.03. The molecule has 3 rings (SSSR count). The number of hydrogen-bond donors (Lipinski definition) is 1. The van der Waals surface area contributed by atoms with Gasteiger partial charge in [-0.3, -0.25) is 14.7 Å². The summed E-state index contributed by atoms with van der Waals surface area (Å²) in [6, 6.07) is 0. The molecular formula is C14H20N6O2S. The van der Waals surface area contributed by atoms with Gasteiger partial charge in [0.1, 0.15) is 17.4 Å². The van der Waals surface area contributed by atoms with E-state index in [0.29, 0.717) is 11.7 Å². The molecule has 0 spiro atoms. The molecule has 23 heavy (non-hydrogen) atoms. The van der Waals surface area contributed by atoms with Crippen LogP contribution in [-0.4, -0.2) is 30.5 Å². The zero-order valence-corrected chi connectivity index (χ0v) is 14.1. The third-order valence-corrected chi connectivity index (χ3v) is 4.90. The smallest absolute Gasteiger partial charge is 0.299 e. The van der Waals surface area contributed by atoms with E-state index in [2.05, 4.69) is 20.6 Å². The average molecular weight is 336 g/mol. The Morgan fingerprint density at radius 3 is 2.87 bits per heavy atom. The summed E-state index contributed by atoms with van der Waals surface area (Å²) >= 11 is 1.35. The summed E-state index contributed by atoms with van der Waals surface area (Å²) in [6.07, 6.45) is 3.91. The molecule has 0 aliphatic carbocycles. The molecule has 9 heteroatoms. The highest BCUT2D eigenvalue weighted by atomic mass is 32.1. The lowest BCUT2D eigenvalue weighted by atomic mass is 10.2. The van der Waals surface area contributed by atoms with Crippen LogP contribution in [0.2, 0.25) is 0 Å². The first-order valence-corrected chi connectivity index (χ1v) is 8.66. The number of aryl methyl sites for hydroxylation is 1. The van der Waals surface area contributed by atoms with E-state index in [1.54, 1.807) is 4.57 Å². The highest BCUT2D eigenvalue weighted by molar-refractivity contribution is 7.15. The largest absolute Gasteiger partial charge is 0.346 e. The maximum Gasteiger partial charge on any atom is 0.346 e. The predicted octanol–water partition coefficient (Wildman–Crippen LogP) is 1.38. The van der Waals surface area contributed by atoms with E-state index in [-0.39, 0.29) is 24.1 Å². The lowest BCUT2D eigenvalue weighted by Gasteiger charge is -2.01. The number of nitrogens with one attached hydrogen (secondary N) is 1. The van der Waals surface area contributed by atoms with Crippen LogP contribution in [0.4, 0.5) is 5.13 Å². The number of fused-ring (bicyclic) bond motifs is 1. The molecule has 0 bridgehead atoms. The summed E-state index contributed by atoms with van der Waals surface area (Å²) in [5.41, 5.74) is -0.211. The molecule has 0 radical (unpaired) electrons. The number of carbonyl (C=O) groups is 1. The minimum Gasteiger partial charge on any atom is -0.299 e. The molecule has 0 saturated heterocycles. The van der Waals surface area contributed by atoms with E-state index in [0.717, 1.165) is 36.5 Å². The van der Waals surface area contributed by atoms with Crippen LogP contribution < -0.4 is 11.0 Å². The van der Waals surface area contributed by atoms with Gasteiger partial charge < -0.3 is 0 Å². The average Bonchev–Trinajstić information content (AvgIpc) is 2.98. The monoisotopic (exact) mass is 336 g/mol. The fraction of sp³-hybridized carbons (Fsp3) is 0.643. The second kappa shape index (κ2) is 6.61. The van der Waals surface area contributed by atoms with Crippen LogP contribution >= 0.6 is 11.3 Å². The van der Waals surface area contributed by atoms with Crippen LogP contribution in [0.25, 0.3) is 0 Å². The Labute approximate surface area is 137 Å². The van der Waals surface area contributed by atoms with Crippen molar-refractivity contribution in [3.63, 3.8) is 0 Å². The van der Waals surface area contributed by atoms with Gasteiger partial charge in [0.25, 0.3) is 0 Å². The number of carbonyl (C=O) groups excluding carboxylic acids is 1. The minimum atomic E-state index is -0.313. The van der Waals surface area contributed by atoms with Crippen molar-refractivity contribution >= 4 is 22.4 Å². The first-order valence-electron chi connectivity index (χ1n) is 7.84. The van der Waals surface area contributed by atoms with E-state index in [1.807, 2.05) is 13.8 Å². The lowest BCUT2D eigenvalue weighted by molar-refractivity contribution is -0.117. The van der Waals surface area contributed by atoms with Crippen molar-refractivity contribution in [3.8, 4) is 0 Å². The number of rotatable bonds is 4. The second-order valence-electron chi connectivity index (χ2n) is 5.97. The summed E-state index contributed by atoms with van der Waals surface area (Å²) < 4.78 is 2.92. The van der Waals surface area contributed by atoms with Gasteiger partial charge in [-0.25, -0.2) is 9.48 Å². The molecule has 1 aliphatic rings. The van der Waals surface area contributed by atoms with Gasteiger partial charge in [-0.15, -0.1) is 10.2 Å². The zero-order chi connectivity index (χ0) is 16.4. The second-order valence-corrected chi connectivity index (χ2v) is 6.98. The van der Waals surface area contributed by atoms with Crippen LogP contribution in [-0.2, 0) is 24.3 Å². The lowest BCUT2D eigenvalue weighted by Crippen LogP contribution is -2.30. The third-order valence-electron chi connectivity index (χ3n) is 3.76. The summed E-state index contributed by atoms with van der Waals surface area (Å²) in [5, 5.41) is 16.3. The highest BCUT2D eigenvalue weighted by Crippen LogP contribution is 2.22. The molecule has 0 saturated carbocycles. The van der Waals surface area contributed by atoms with Crippen molar-refractivity contribution < 1.29 is 4.79 Å². The van der Waals surface area contributed by atoms with E-state index in [1.165, 1.54) is 16.0 Å². The van der Waals surface area contributed by atoms with Crippen LogP contribution in [0.3, 0.4) is 0 Å². The van der Waals surface area contributed by atoms with Crippen LogP contribution in [0.5, 0.6) is 0 Å². The number of hydrogen-bond acceptors (Lipinski definition) is 6. The molecule has 124 valence electrons. The van der Waals surface area contributed by atoms with Crippen molar-refractivity contribution in [2.24, 2.45) is 0 Å². The summed E-state index contributed by atoms with van der Waals surface area (Å²) in [4.78, 5) is 24.4. The van der Waals surface area contributed by atoms with Crippen molar-refractivity contribution in [2.75, 3.05) is 5.32 Å². The van der Waals surface area contributed by atoms with Crippen LogP contribution in [0, 0.1) is 0 Å². The molecule has 0 fully saturated rings. The zero-order valence-electron chi connectivity index (χ0n) is 13.3. The normalized spacial score (nSPS) is 14.6. The standard InChI is InChI=1S/C14H20N6O2S/c1-9(2)12-16-17-13(23-12)15-11(21)8-20-14(22)19-7-5-3-4-6-10(19)18-20/h9H,3-8H2,1-2H3,(H,15,17,21). The molecule has 0 unspecified atom stereocenters. The first-order chi connectivity index (χ1) is 11.0. The predicted molar refractivity (Wildman–Crippen MR) is 86.7 cm³/mol. The Morgan fingerprint density at radius 2 is 2.13 bits per heavy atom. The van der Waals surface area contributed by atoms with E-state index >= 15 is 0 Å². The van der Waals surface area contributed by atoms with Gasteiger partial charge in [0.05, 0.1) is 0 Å². The van der Waals surface area contributed by atoms with Crippen molar-refractivity contribution in [2.45, 2.75) is 58.5 Å². The maximum atomic E-state index is 12.3. The number of aromatic nitrogens is 5. The molecule has 2 aromatic heterocycles. The van der Waals surface area contributed by atoms with Gasteiger partial charge in [-0.1, -0.05) is 31.6 Å². The Balaban J connectivity index is 1.69. The minimum absolute atomic E-state index is 0.102. The molecular weight excluding hydrogens is 316 g/mol. The molecule has 1 amide bonds. The third kappa shape index (κ3) is 3.49. The highest BCUT2D eigenvalue weighted by Gasteiger charge is 2.18. The SMILES string of the molecule is CC(C)c1nnc(NC(=O)Cn2nc3n(c2=O)CCCCC3)s1. The first kappa shape index (κ1) is 15.9. The number of amides is 1. The van der Waals surface area contributed by atoms with E-state index < -0.39 is 0 Å². The Kier molecular flexibility index (Phi) is 4.56. The van der Waals surface area contributed by atoms with Crippen LogP contribution in [0.1, 0.15) is 49.9 Å². The molecule has 1 aliphatic heterocycles. The van der Waals surface area contributed by atoms with Crippen molar-refractivity contribution in [1.29, 1.82) is 0 Å². The molecule has 0 atom stereocenters. The van der Waals surface area contributed by atoms with E-state index in [9.17, 15) is 9.59 Å². The molecule has 0 aromatic carbocycles. The van der Waals surface area contributed by atoms with Gasteiger partial charge in [0, 0.05) is 18.9 Å². The molecule has 2 aromatic rings. The van der Waals surface area contributed by atoms with Crippen molar-refractivity contribution in [3.05, 3.63) is 21.3 Å². The van der Waals surface area contributed by atoms with Gasteiger partial charge in [0.2, 0.25) is 11.0 Å². The summed E-state index contributed by atoms with van der Waals surface area (Å²) in [6.45, 7) is 4.62. The number of nitrogens with zero attached hydrogens (tertiary/aromatic N) is 5. The summed E-state index contributed by atoms with van der Waals surface area (Å²) in [5.74, 6) is 0.731. The topological polar surface area (TPSA) is 94.7 Å². The van der Waals surface area contributed by atoms with Gasteiger partial charge >= 0.3 is 5.69 Å². The fourth-order valence-corrected chi connectivity index (χ4v) is 3.30.